The molecule has 8 heteroatoms. The number of hydrogen-bond acceptors (Lipinski definition) is 4. The largest absolute Gasteiger partial charge is 0.324 e. The van der Waals surface area contributed by atoms with Crippen LogP contribution in [0, 0.1) is 0 Å². The number of hydrogen-bond donors (Lipinski definition) is 1. The molecule has 1 saturated carbocycles. The summed E-state index contributed by atoms with van der Waals surface area (Å²) < 4.78 is 32.3. The number of halogens is 2. The van der Waals surface area contributed by atoms with Crippen molar-refractivity contribution in [3.05, 3.63) is 46.9 Å². The number of rotatable bonds is 4. The van der Waals surface area contributed by atoms with Crippen LogP contribution in [0.2, 0.25) is 0 Å². The molecule has 4 heterocycles. The number of aromatic nitrogens is 4. The molecule has 1 aliphatic carbocycles. The first kappa shape index (κ1) is 19.9. The Hall–Kier alpha value is -2.74. The lowest BCUT2D eigenvalue weighted by atomic mass is 9.92. The Bertz CT molecular complexity index is 1160. The van der Waals surface area contributed by atoms with Gasteiger partial charge in [0.25, 0.3) is 6.43 Å². The maximum atomic E-state index is 14.2. The average Bonchev–Trinajstić information content (AvgIpc) is 3.35. The summed E-state index contributed by atoms with van der Waals surface area (Å²) in [4.78, 5) is 2.19. The number of anilines is 2. The molecule has 1 fully saturated rings. The van der Waals surface area contributed by atoms with E-state index in [9.17, 15) is 8.78 Å². The third-order valence-corrected chi connectivity index (χ3v) is 7.23. The lowest BCUT2D eigenvalue weighted by molar-refractivity contribution is 0.152. The summed E-state index contributed by atoms with van der Waals surface area (Å²) in [5.41, 5.74) is 5.94. The van der Waals surface area contributed by atoms with Crippen LogP contribution in [0.15, 0.2) is 24.5 Å². The van der Waals surface area contributed by atoms with Crippen molar-refractivity contribution in [1.82, 2.24) is 24.9 Å². The molecular weight excluding hydrogens is 410 g/mol. The van der Waals surface area contributed by atoms with E-state index in [1.807, 2.05) is 6.07 Å². The Morgan fingerprint density at radius 2 is 2.03 bits per heavy atom. The van der Waals surface area contributed by atoms with Gasteiger partial charge in [0.1, 0.15) is 0 Å². The van der Waals surface area contributed by atoms with Gasteiger partial charge in [-0.05, 0) is 55.4 Å². The van der Waals surface area contributed by atoms with Crippen LogP contribution in [0.4, 0.5) is 20.3 Å². The molecule has 6 nitrogen and oxygen atoms in total. The molecular formula is C24H28F2N6. The Kier molecular flexibility index (Phi) is 4.78. The molecule has 0 amide bonds. The summed E-state index contributed by atoms with van der Waals surface area (Å²) in [7, 11) is 1.81. The molecule has 2 aromatic heterocycles. The normalized spacial score (nSPS) is 18.6. The summed E-state index contributed by atoms with van der Waals surface area (Å²) in [6.45, 7) is 2.56. The summed E-state index contributed by atoms with van der Waals surface area (Å²) in [5, 5.41) is 12.8. The molecule has 0 atom stereocenters. The van der Waals surface area contributed by atoms with Crippen LogP contribution >= 0.6 is 0 Å². The lowest BCUT2D eigenvalue weighted by Crippen LogP contribution is -2.29. The molecule has 168 valence electrons. The summed E-state index contributed by atoms with van der Waals surface area (Å²) in [6.07, 6.45) is 7.37. The topological polar surface area (TPSA) is 50.9 Å². The molecule has 32 heavy (non-hydrogen) atoms. The predicted octanol–water partition coefficient (Wildman–Crippen LogP) is 4.68. The van der Waals surface area contributed by atoms with Gasteiger partial charge in [-0.3, -0.25) is 9.36 Å². The van der Waals surface area contributed by atoms with E-state index in [0.717, 1.165) is 61.5 Å². The van der Waals surface area contributed by atoms with Crippen molar-refractivity contribution >= 4 is 11.5 Å². The molecule has 0 radical (unpaired) electrons. The fourth-order valence-corrected chi connectivity index (χ4v) is 5.37. The minimum Gasteiger partial charge on any atom is -0.324 e. The maximum Gasteiger partial charge on any atom is 0.264 e. The van der Waals surface area contributed by atoms with Gasteiger partial charge >= 0.3 is 0 Å². The highest BCUT2D eigenvalue weighted by atomic mass is 19.3. The van der Waals surface area contributed by atoms with Crippen LogP contribution in [-0.2, 0) is 26.4 Å². The third-order valence-electron chi connectivity index (χ3n) is 7.23. The van der Waals surface area contributed by atoms with Gasteiger partial charge < -0.3 is 10.2 Å². The Labute approximate surface area is 186 Å². The highest BCUT2D eigenvalue weighted by molar-refractivity contribution is 5.76. The minimum atomic E-state index is -2.55. The van der Waals surface area contributed by atoms with Crippen molar-refractivity contribution in [2.24, 2.45) is 7.05 Å². The van der Waals surface area contributed by atoms with Gasteiger partial charge in [-0.1, -0.05) is 0 Å². The molecule has 2 aliphatic heterocycles. The molecule has 0 bridgehead atoms. The first-order chi connectivity index (χ1) is 15.6. The Morgan fingerprint density at radius 1 is 1.16 bits per heavy atom. The third kappa shape index (κ3) is 3.15. The van der Waals surface area contributed by atoms with Crippen molar-refractivity contribution in [2.45, 2.75) is 57.5 Å². The summed E-state index contributed by atoms with van der Waals surface area (Å²) >= 11 is 0. The van der Waals surface area contributed by atoms with Crippen LogP contribution in [0.5, 0.6) is 0 Å². The van der Waals surface area contributed by atoms with Crippen LogP contribution in [-0.4, -0.2) is 32.7 Å². The fraction of sp³-hybridized carbons (Fsp3) is 0.500. The number of nitrogens with one attached hydrogen (secondary N) is 1. The molecule has 3 aromatic rings. The van der Waals surface area contributed by atoms with E-state index in [1.54, 1.807) is 30.2 Å². The van der Waals surface area contributed by atoms with Crippen molar-refractivity contribution in [3.63, 3.8) is 0 Å². The summed E-state index contributed by atoms with van der Waals surface area (Å²) in [5.74, 6) is 0.953. The van der Waals surface area contributed by atoms with Crippen molar-refractivity contribution < 1.29 is 8.78 Å². The predicted molar refractivity (Wildman–Crippen MR) is 119 cm³/mol. The molecule has 6 rings (SSSR count). The van der Waals surface area contributed by atoms with E-state index in [-0.39, 0.29) is 5.56 Å². The van der Waals surface area contributed by atoms with Gasteiger partial charge in [0, 0.05) is 67.4 Å². The van der Waals surface area contributed by atoms with Crippen LogP contribution < -0.4 is 10.2 Å². The zero-order valence-corrected chi connectivity index (χ0v) is 18.3. The highest BCUT2D eigenvalue weighted by Gasteiger charge is 2.32. The smallest absolute Gasteiger partial charge is 0.264 e. The lowest BCUT2D eigenvalue weighted by Gasteiger charge is -2.32. The van der Waals surface area contributed by atoms with Gasteiger partial charge in [0.15, 0.2) is 5.82 Å². The highest BCUT2D eigenvalue weighted by Crippen LogP contribution is 2.43. The van der Waals surface area contributed by atoms with Gasteiger partial charge in [0.2, 0.25) is 0 Å². The van der Waals surface area contributed by atoms with Gasteiger partial charge in [-0.25, -0.2) is 8.78 Å². The monoisotopic (exact) mass is 438 g/mol. The maximum absolute atomic E-state index is 14.2. The van der Waals surface area contributed by atoms with Crippen LogP contribution in [0.3, 0.4) is 0 Å². The van der Waals surface area contributed by atoms with Crippen molar-refractivity contribution in [1.29, 1.82) is 0 Å². The number of alkyl halides is 2. The van der Waals surface area contributed by atoms with Crippen molar-refractivity contribution in [3.8, 4) is 11.1 Å². The molecule has 1 N–H and O–H groups in total. The van der Waals surface area contributed by atoms with E-state index >= 15 is 0 Å². The molecule has 0 unspecified atom stereocenters. The molecule has 3 aliphatic rings. The van der Waals surface area contributed by atoms with Gasteiger partial charge in [-0.15, -0.1) is 0 Å². The molecule has 0 saturated heterocycles. The van der Waals surface area contributed by atoms with Crippen molar-refractivity contribution in [2.75, 3.05) is 18.0 Å². The fourth-order valence-electron chi connectivity index (χ4n) is 5.37. The quantitative estimate of drug-likeness (QED) is 0.643. The second-order valence-corrected chi connectivity index (χ2v) is 9.23. The van der Waals surface area contributed by atoms with Gasteiger partial charge in [0.05, 0.1) is 12.2 Å². The second kappa shape index (κ2) is 7.69. The van der Waals surface area contributed by atoms with Gasteiger partial charge in [-0.2, -0.15) is 10.2 Å². The number of nitrogens with zero attached hydrogens (tertiary/aromatic N) is 5. The summed E-state index contributed by atoms with van der Waals surface area (Å²) in [6, 6.07) is 4.14. The number of fused-ring (bicyclic) bond motifs is 2. The number of benzene rings is 1. The van der Waals surface area contributed by atoms with E-state index in [0.29, 0.717) is 11.6 Å². The van der Waals surface area contributed by atoms with E-state index < -0.39 is 6.43 Å². The van der Waals surface area contributed by atoms with E-state index in [1.165, 1.54) is 30.5 Å². The Morgan fingerprint density at radius 3 is 2.75 bits per heavy atom. The first-order valence-electron chi connectivity index (χ1n) is 11.6. The zero-order chi connectivity index (χ0) is 21.8. The van der Waals surface area contributed by atoms with Crippen LogP contribution in [0.25, 0.3) is 11.1 Å². The van der Waals surface area contributed by atoms with E-state index in [2.05, 4.69) is 20.0 Å². The molecule has 0 spiro atoms. The zero-order valence-electron chi connectivity index (χ0n) is 18.3. The standard InChI is InChI=1S/C24H28F2N6/c1-30-14-16(12-28-30)18-10-15-4-3-9-31(22(15)11-19(18)23(25)26)24-20-13-27-8-7-21(20)32(29-24)17-5-2-6-17/h10-12,14,17,23,27H,2-9,13H2,1H3. The first-order valence-corrected chi connectivity index (χ1v) is 11.6. The van der Waals surface area contributed by atoms with Crippen LogP contribution in [0.1, 0.15) is 60.5 Å². The SMILES string of the molecule is Cn1cc(-c2cc3c(cc2C(F)F)N(c2nn(C4CCC4)c4c2CNCC4)CCC3)cn1. The van der Waals surface area contributed by atoms with E-state index in [4.69, 9.17) is 5.10 Å². The second-order valence-electron chi connectivity index (χ2n) is 9.23. The molecule has 1 aromatic carbocycles. The average molecular weight is 439 g/mol. The Balaban J connectivity index is 1.48. The number of aryl methyl sites for hydroxylation is 2. The minimum absolute atomic E-state index is 0.0640.